The van der Waals surface area contributed by atoms with Crippen LogP contribution in [0.5, 0.6) is 0 Å². The standard InChI is InChI=1S/C14H26N4O/c1-16(2)8-4-9-17(3)10-5-11-18-12-13(15)6-7-14(18)19/h6-7,12H,4-5,8-11,15H2,1-3H3. The predicted molar refractivity (Wildman–Crippen MR) is 80.4 cm³/mol. The first-order valence-corrected chi connectivity index (χ1v) is 6.78. The number of aryl methyl sites for hydroxylation is 1. The highest BCUT2D eigenvalue weighted by atomic mass is 16.1. The minimum absolute atomic E-state index is 0.0180. The maximum Gasteiger partial charge on any atom is 0.250 e. The van der Waals surface area contributed by atoms with Gasteiger partial charge in [0.15, 0.2) is 0 Å². The molecule has 1 aromatic rings. The van der Waals surface area contributed by atoms with Gasteiger partial charge in [-0.1, -0.05) is 0 Å². The number of hydrogen-bond donors (Lipinski definition) is 1. The lowest BCUT2D eigenvalue weighted by Crippen LogP contribution is -2.26. The summed E-state index contributed by atoms with van der Waals surface area (Å²) in [7, 11) is 6.30. The zero-order valence-electron chi connectivity index (χ0n) is 12.3. The number of hydrogen-bond acceptors (Lipinski definition) is 4. The van der Waals surface area contributed by atoms with E-state index >= 15 is 0 Å². The van der Waals surface area contributed by atoms with Crippen molar-refractivity contribution in [1.29, 1.82) is 0 Å². The highest BCUT2D eigenvalue weighted by Crippen LogP contribution is 1.98. The van der Waals surface area contributed by atoms with Crippen molar-refractivity contribution >= 4 is 5.69 Å². The lowest BCUT2D eigenvalue weighted by molar-refractivity contribution is 0.292. The van der Waals surface area contributed by atoms with Gasteiger partial charge in [-0.3, -0.25) is 4.79 Å². The second-order valence-corrected chi connectivity index (χ2v) is 5.31. The van der Waals surface area contributed by atoms with Crippen molar-refractivity contribution in [3.8, 4) is 0 Å². The molecule has 0 aliphatic rings. The van der Waals surface area contributed by atoms with Crippen LogP contribution in [0.25, 0.3) is 0 Å². The average molecular weight is 266 g/mol. The second-order valence-electron chi connectivity index (χ2n) is 5.31. The molecule has 2 N–H and O–H groups in total. The monoisotopic (exact) mass is 266 g/mol. The lowest BCUT2D eigenvalue weighted by atomic mass is 10.3. The van der Waals surface area contributed by atoms with Gasteiger partial charge in [-0.15, -0.1) is 0 Å². The highest BCUT2D eigenvalue weighted by Gasteiger charge is 2.01. The fourth-order valence-electron chi connectivity index (χ4n) is 2.00. The number of anilines is 1. The van der Waals surface area contributed by atoms with E-state index in [9.17, 15) is 4.79 Å². The third kappa shape index (κ3) is 6.40. The zero-order chi connectivity index (χ0) is 14.3. The molecule has 0 bridgehead atoms. The predicted octanol–water partition coefficient (Wildman–Crippen LogP) is 0.704. The molecule has 0 saturated carbocycles. The first kappa shape index (κ1) is 15.7. The third-order valence-electron chi connectivity index (χ3n) is 3.09. The zero-order valence-corrected chi connectivity index (χ0v) is 12.3. The highest BCUT2D eigenvalue weighted by molar-refractivity contribution is 5.33. The number of nitrogens with two attached hydrogens (primary N) is 1. The molecule has 0 amide bonds. The van der Waals surface area contributed by atoms with Crippen LogP contribution in [-0.2, 0) is 6.54 Å². The Balaban J connectivity index is 2.26. The minimum atomic E-state index is 0.0180. The van der Waals surface area contributed by atoms with E-state index in [4.69, 9.17) is 5.73 Å². The van der Waals surface area contributed by atoms with Crippen LogP contribution in [0.15, 0.2) is 23.1 Å². The Morgan fingerprint density at radius 1 is 1.11 bits per heavy atom. The Kier molecular flexibility index (Phi) is 6.59. The Morgan fingerprint density at radius 2 is 1.79 bits per heavy atom. The van der Waals surface area contributed by atoms with Crippen molar-refractivity contribution in [3.63, 3.8) is 0 Å². The van der Waals surface area contributed by atoms with Gasteiger partial charge in [0.05, 0.1) is 0 Å². The first-order valence-electron chi connectivity index (χ1n) is 6.78. The van der Waals surface area contributed by atoms with E-state index in [0.717, 1.165) is 32.6 Å². The average Bonchev–Trinajstić information content (AvgIpc) is 2.33. The summed E-state index contributed by atoms with van der Waals surface area (Å²) >= 11 is 0. The van der Waals surface area contributed by atoms with Crippen molar-refractivity contribution in [2.24, 2.45) is 0 Å². The molecule has 0 aliphatic carbocycles. The molecular formula is C14H26N4O. The van der Waals surface area contributed by atoms with Gasteiger partial charge in [0.2, 0.25) is 0 Å². The molecule has 19 heavy (non-hydrogen) atoms. The maximum atomic E-state index is 11.6. The quantitative estimate of drug-likeness (QED) is 0.753. The third-order valence-corrected chi connectivity index (χ3v) is 3.09. The summed E-state index contributed by atoms with van der Waals surface area (Å²) < 4.78 is 1.68. The second kappa shape index (κ2) is 7.96. The van der Waals surface area contributed by atoms with E-state index in [1.807, 2.05) is 0 Å². The summed E-state index contributed by atoms with van der Waals surface area (Å²) in [5.74, 6) is 0. The van der Waals surface area contributed by atoms with Gasteiger partial charge in [-0.25, -0.2) is 0 Å². The van der Waals surface area contributed by atoms with Crippen LogP contribution in [0.1, 0.15) is 12.8 Å². The molecule has 0 aliphatic heterocycles. The lowest BCUT2D eigenvalue weighted by Gasteiger charge is -2.18. The van der Waals surface area contributed by atoms with Gasteiger partial charge in [0, 0.05) is 24.5 Å². The van der Waals surface area contributed by atoms with E-state index in [-0.39, 0.29) is 5.56 Å². The molecule has 5 heteroatoms. The Bertz CT molecular complexity index is 428. The summed E-state index contributed by atoms with van der Waals surface area (Å²) in [6, 6.07) is 3.17. The van der Waals surface area contributed by atoms with E-state index < -0.39 is 0 Å². The normalized spacial score (nSPS) is 11.4. The van der Waals surface area contributed by atoms with Crippen molar-refractivity contribution in [1.82, 2.24) is 14.4 Å². The number of rotatable bonds is 8. The summed E-state index contributed by atoms with van der Waals surface area (Å²) in [5.41, 5.74) is 6.33. The molecular weight excluding hydrogens is 240 g/mol. The van der Waals surface area contributed by atoms with Crippen LogP contribution in [0.2, 0.25) is 0 Å². The molecule has 0 unspecified atom stereocenters. The maximum absolute atomic E-state index is 11.6. The molecule has 1 rings (SSSR count). The van der Waals surface area contributed by atoms with Gasteiger partial charge in [0.25, 0.3) is 5.56 Å². The van der Waals surface area contributed by atoms with Crippen LogP contribution < -0.4 is 11.3 Å². The van der Waals surface area contributed by atoms with Crippen molar-refractivity contribution < 1.29 is 0 Å². The fourth-order valence-corrected chi connectivity index (χ4v) is 2.00. The van der Waals surface area contributed by atoms with E-state index in [2.05, 4.69) is 30.9 Å². The Labute approximate surface area is 115 Å². The number of aromatic nitrogens is 1. The summed E-state index contributed by atoms with van der Waals surface area (Å²) in [6.45, 7) is 3.92. The van der Waals surface area contributed by atoms with E-state index in [1.54, 1.807) is 16.8 Å². The van der Waals surface area contributed by atoms with Crippen molar-refractivity contribution in [2.45, 2.75) is 19.4 Å². The smallest absolute Gasteiger partial charge is 0.250 e. The summed E-state index contributed by atoms with van der Waals surface area (Å²) in [4.78, 5) is 16.1. The van der Waals surface area contributed by atoms with Gasteiger partial charge in [-0.2, -0.15) is 0 Å². The van der Waals surface area contributed by atoms with E-state index in [1.165, 1.54) is 12.5 Å². The largest absolute Gasteiger partial charge is 0.398 e. The Morgan fingerprint density at radius 3 is 2.47 bits per heavy atom. The van der Waals surface area contributed by atoms with Crippen LogP contribution in [-0.4, -0.2) is 55.1 Å². The number of nitrogens with zero attached hydrogens (tertiary/aromatic N) is 3. The van der Waals surface area contributed by atoms with Gasteiger partial charge < -0.3 is 20.1 Å². The molecule has 1 aromatic heterocycles. The molecule has 0 fully saturated rings. The SMILES string of the molecule is CN(C)CCCN(C)CCCn1cc(N)ccc1=O. The molecule has 0 aromatic carbocycles. The molecule has 0 spiro atoms. The molecule has 0 saturated heterocycles. The summed E-state index contributed by atoms with van der Waals surface area (Å²) in [6.07, 6.45) is 3.85. The van der Waals surface area contributed by atoms with Gasteiger partial charge in [0.1, 0.15) is 0 Å². The van der Waals surface area contributed by atoms with Gasteiger partial charge in [-0.05, 0) is 59.7 Å². The van der Waals surface area contributed by atoms with Crippen LogP contribution >= 0.6 is 0 Å². The minimum Gasteiger partial charge on any atom is -0.398 e. The first-order chi connectivity index (χ1) is 8.99. The number of nitrogen functional groups attached to an aromatic ring is 1. The fraction of sp³-hybridized carbons (Fsp3) is 0.643. The van der Waals surface area contributed by atoms with Crippen LogP contribution in [0, 0.1) is 0 Å². The molecule has 108 valence electrons. The van der Waals surface area contributed by atoms with Crippen molar-refractivity contribution in [2.75, 3.05) is 46.5 Å². The molecule has 5 nitrogen and oxygen atoms in total. The summed E-state index contributed by atoms with van der Waals surface area (Å²) in [5, 5.41) is 0. The number of pyridine rings is 1. The molecule has 0 atom stereocenters. The van der Waals surface area contributed by atoms with Gasteiger partial charge >= 0.3 is 0 Å². The van der Waals surface area contributed by atoms with Crippen LogP contribution in [0.3, 0.4) is 0 Å². The molecule has 1 heterocycles. The van der Waals surface area contributed by atoms with Crippen molar-refractivity contribution in [3.05, 3.63) is 28.7 Å². The molecule has 0 radical (unpaired) electrons. The Hall–Kier alpha value is -1.33. The topological polar surface area (TPSA) is 54.5 Å². The van der Waals surface area contributed by atoms with E-state index in [0.29, 0.717) is 5.69 Å². The van der Waals surface area contributed by atoms with Crippen LogP contribution in [0.4, 0.5) is 5.69 Å².